The number of amides is 1. The monoisotopic (exact) mass is 153 g/mol. The van der Waals surface area contributed by atoms with Crippen LogP contribution >= 0.6 is 0 Å². The van der Waals surface area contributed by atoms with Gasteiger partial charge in [0, 0.05) is 6.54 Å². The lowest BCUT2D eigenvalue weighted by Gasteiger charge is -2.14. The first-order chi connectivity index (χ1) is 5.34. The zero-order chi connectivity index (χ0) is 8.10. The molecule has 0 bridgehead atoms. The van der Waals surface area contributed by atoms with Gasteiger partial charge in [-0.25, -0.2) is 0 Å². The lowest BCUT2D eigenvalue weighted by atomic mass is 9.95. The lowest BCUT2D eigenvalue weighted by molar-refractivity contribution is -0.123. The van der Waals surface area contributed by atoms with Gasteiger partial charge in [-0.05, 0) is 26.2 Å². The summed E-state index contributed by atoms with van der Waals surface area (Å²) in [7, 11) is 0. The summed E-state index contributed by atoms with van der Waals surface area (Å²) in [5, 5.41) is 2.83. The zero-order valence-electron chi connectivity index (χ0n) is 6.97. The van der Waals surface area contributed by atoms with E-state index in [9.17, 15) is 4.79 Å². The molecule has 0 saturated heterocycles. The molecule has 2 nitrogen and oxygen atoms in total. The number of carbonyl (C=O) groups excluding carboxylic acids is 1. The summed E-state index contributed by atoms with van der Waals surface area (Å²) in [5.74, 6) is 0.326. The molecule has 1 rings (SSSR count). The highest BCUT2D eigenvalue weighted by Gasteiger charge is 2.15. The molecule has 1 amide bonds. The predicted octanol–water partition coefficient (Wildman–Crippen LogP) is 1.48. The van der Waals surface area contributed by atoms with Gasteiger partial charge in [0.15, 0.2) is 0 Å². The molecule has 2 heteroatoms. The van der Waals surface area contributed by atoms with Gasteiger partial charge in [-0.1, -0.05) is 12.2 Å². The van der Waals surface area contributed by atoms with Crippen LogP contribution in [0.15, 0.2) is 12.2 Å². The first-order valence-electron chi connectivity index (χ1n) is 4.29. The Morgan fingerprint density at radius 3 is 3.09 bits per heavy atom. The Bertz CT molecular complexity index is 163. The van der Waals surface area contributed by atoms with E-state index in [1.165, 1.54) is 0 Å². The van der Waals surface area contributed by atoms with Crippen molar-refractivity contribution in [1.82, 2.24) is 5.32 Å². The van der Waals surface area contributed by atoms with Gasteiger partial charge in [-0.3, -0.25) is 4.79 Å². The van der Waals surface area contributed by atoms with E-state index < -0.39 is 0 Å². The Hall–Kier alpha value is -0.790. The van der Waals surface area contributed by atoms with E-state index in [-0.39, 0.29) is 11.8 Å². The maximum atomic E-state index is 11.2. The Kier molecular flexibility index (Phi) is 3.14. The van der Waals surface area contributed by atoms with Crippen LogP contribution in [0.2, 0.25) is 0 Å². The van der Waals surface area contributed by atoms with Crippen LogP contribution in [0.3, 0.4) is 0 Å². The third-order valence-corrected chi connectivity index (χ3v) is 1.94. The number of hydrogen-bond acceptors (Lipinski definition) is 1. The fraction of sp³-hybridized carbons (Fsp3) is 0.667. The quantitative estimate of drug-likeness (QED) is 0.598. The molecule has 0 heterocycles. The van der Waals surface area contributed by atoms with E-state index in [4.69, 9.17) is 0 Å². The topological polar surface area (TPSA) is 29.1 Å². The SMILES string of the molecule is CCNC(=O)C1C=CCCC1. The average Bonchev–Trinajstić information content (AvgIpc) is 2.07. The van der Waals surface area contributed by atoms with Crippen LogP contribution in [0.1, 0.15) is 26.2 Å². The molecule has 1 aliphatic rings. The number of nitrogens with one attached hydrogen (secondary N) is 1. The van der Waals surface area contributed by atoms with Gasteiger partial charge < -0.3 is 5.32 Å². The molecular formula is C9H15NO. The fourth-order valence-corrected chi connectivity index (χ4v) is 1.34. The standard InChI is InChI=1S/C9H15NO/c1-2-10-9(11)8-6-4-3-5-7-8/h4,6,8H,2-3,5,7H2,1H3,(H,10,11). The minimum Gasteiger partial charge on any atom is -0.356 e. The van der Waals surface area contributed by atoms with E-state index in [2.05, 4.69) is 11.4 Å². The average molecular weight is 153 g/mol. The number of allylic oxidation sites excluding steroid dienone is 1. The van der Waals surface area contributed by atoms with Crippen molar-refractivity contribution in [2.45, 2.75) is 26.2 Å². The van der Waals surface area contributed by atoms with Crippen molar-refractivity contribution in [1.29, 1.82) is 0 Å². The second kappa shape index (κ2) is 4.16. The molecular weight excluding hydrogens is 138 g/mol. The van der Waals surface area contributed by atoms with Gasteiger partial charge in [0.05, 0.1) is 5.92 Å². The summed E-state index contributed by atoms with van der Waals surface area (Å²) >= 11 is 0. The van der Waals surface area contributed by atoms with Gasteiger partial charge in [0.1, 0.15) is 0 Å². The fourth-order valence-electron chi connectivity index (χ4n) is 1.34. The van der Waals surface area contributed by atoms with E-state index in [0.717, 1.165) is 25.8 Å². The first kappa shape index (κ1) is 8.31. The van der Waals surface area contributed by atoms with Crippen LogP contribution in [0, 0.1) is 5.92 Å². The highest BCUT2D eigenvalue weighted by Crippen LogP contribution is 2.16. The van der Waals surface area contributed by atoms with Crippen LogP contribution < -0.4 is 5.32 Å². The van der Waals surface area contributed by atoms with Gasteiger partial charge in [-0.15, -0.1) is 0 Å². The van der Waals surface area contributed by atoms with Crippen molar-refractivity contribution in [3.05, 3.63) is 12.2 Å². The van der Waals surface area contributed by atoms with Crippen LogP contribution in [0.25, 0.3) is 0 Å². The molecule has 0 aromatic rings. The minimum absolute atomic E-state index is 0.142. The lowest BCUT2D eigenvalue weighted by Crippen LogP contribution is -2.30. The second-order valence-electron chi connectivity index (χ2n) is 2.86. The molecule has 0 fully saturated rings. The molecule has 0 aliphatic heterocycles. The highest BCUT2D eigenvalue weighted by atomic mass is 16.1. The molecule has 0 saturated carbocycles. The Balaban J connectivity index is 2.39. The summed E-state index contributed by atoms with van der Waals surface area (Å²) in [6, 6.07) is 0. The van der Waals surface area contributed by atoms with Gasteiger partial charge in [-0.2, -0.15) is 0 Å². The molecule has 1 unspecified atom stereocenters. The Labute approximate surface area is 67.7 Å². The van der Waals surface area contributed by atoms with Crippen molar-refractivity contribution in [2.75, 3.05) is 6.54 Å². The Morgan fingerprint density at radius 1 is 1.73 bits per heavy atom. The Morgan fingerprint density at radius 2 is 2.55 bits per heavy atom. The molecule has 62 valence electrons. The number of carbonyl (C=O) groups is 1. The summed E-state index contributed by atoms with van der Waals surface area (Å²) in [6.45, 7) is 2.69. The maximum absolute atomic E-state index is 11.2. The van der Waals surface area contributed by atoms with Crippen LogP contribution in [0.4, 0.5) is 0 Å². The van der Waals surface area contributed by atoms with Crippen LogP contribution in [-0.4, -0.2) is 12.5 Å². The smallest absolute Gasteiger partial charge is 0.226 e. The number of hydrogen-bond donors (Lipinski definition) is 1. The van der Waals surface area contributed by atoms with Crippen molar-refractivity contribution in [3.8, 4) is 0 Å². The van der Waals surface area contributed by atoms with Gasteiger partial charge in [0.25, 0.3) is 0 Å². The van der Waals surface area contributed by atoms with Gasteiger partial charge >= 0.3 is 0 Å². The van der Waals surface area contributed by atoms with Crippen molar-refractivity contribution >= 4 is 5.91 Å². The first-order valence-corrected chi connectivity index (χ1v) is 4.29. The van der Waals surface area contributed by atoms with Crippen LogP contribution in [0.5, 0.6) is 0 Å². The third-order valence-electron chi connectivity index (χ3n) is 1.94. The summed E-state index contributed by atoms with van der Waals surface area (Å²) < 4.78 is 0. The molecule has 1 N–H and O–H groups in total. The van der Waals surface area contributed by atoms with E-state index in [1.54, 1.807) is 0 Å². The summed E-state index contributed by atoms with van der Waals surface area (Å²) in [5.41, 5.74) is 0. The summed E-state index contributed by atoms with van der Waals surface area (Å²) in [6.07, 6.45) is 7.43. The largest absolute Gasteiger partial charge is 0.356 e. The van der Waals surface area contributed by atoms with Crippen molar-refractivity contribution < 1.29 is 4.79 Å². The maximum Gasteiger partial charge on any atom is 0.226 e. The highest BCUT2D eigenvalue weighted by molar-refractivity contribution is 5.80. The van der Waals surface area contributed by atoms with E-state index >= 15 is 0 Å². The van der Waals surface area contributed by atoms with E-state index in [0.29, 0.717) is 0 Å². The summed E-state index contributed by atoms with van der Waals surface area (Å²) in [4.78, 5) is 11.2. The molecule has 11 heavy (non-hydrogen) atoms. The third kappa shape index (κ3) is 2.37. The molecule has 0 spiro atoms. The molecule has 0 radical (unpaired) electrons. The van der Waals surface area contributed by atoms with Gasteiger partial charge in [0.2, 0.25) is 5.91 Å². The minimum atomic E-state index is 0.142. The molecule has 1 aliphatic carbocycles. The predicted molar refractivity (Wildman–Crippen MR) is 45.2 cm³/mol. The van der Waals surface area contributed by atoms with Crippen LogP contribution in [-0.2, 0) is 4.79 Å². The molecule has 1 atom stereocenters. The zero-order valence-corrected chi connectivity index (χ0v) is 6.97. The second-order valence-corrected chi connectivity index (χ2v) is 2.86. The normalized spacial score (nSPS) is 23.2. The van der Waals surface area contributed by atoms with Crippen molar-refractivity contribution in [3.63, 3.8) is 0 Å². The molecule has 0 aromatic carbocycles. The molecule has 0 aromatic heterocycles. The van der Waals surface area contributed by atoms with Crippen molar-refractivity contribution in [2.24, 2.45) is 5.92 Å². The number of rotatable bonds is 2. The van der Waals surface area contributed by atoms with E-state index in [1.807, 2.05) is 13.0 Å².